The average Bonchev–Trinajstić information content (AvgIpc) is 2.70. The van der Waals surface area contributed by atoms with Crippen LogP contribution < -0.4 is 10.1 Å². The van der Waals surface area contributed by atoms with Gasteiger partial charge in [0, 0.05) is 11.4 Å². The van der Waals surface area contributed by atoms with Crippen molar-refractivity contribution in [3.05, 3.63) is 71.6 Å². The minimum Gasteiger partial charge on any atom is -0.504 e. The number of ether oxygens (including phenoxy) is 3. The Kier molecular flexibility index (Phi) is 7.25. The number of hydrogen-bond donors (Lipinski definition) is 2. The zero-order valence-corrected chi connectivity index (χ0v) is 16.8. The molecule has 0 saturated carbocycles. The van der Waals surface area contributed by atoms with Crippen LogP contribution in [0.3, 0.4) is 0 Å². The van der Waals surface area contributed by atoms with Gasteiger partial charge < -0.3 is 24.6 Å². The zero-order chi connectivity index (χ0) is 21.6. The summed E-state index contributed by atoms with van der Waals surface area (Å²) in [6, 6.07) is 4.64. The Morgan fingerprint density at radius 3 is 2.03 bits per heavy atom. The zero-order valence-electron chi connectivity index (χ0n) is 16.8. The van der Waals surface area contributed by atoms with Crippen molar-refractivity contribution in [2.75, 3.05) is 20.3 Å². The molecule has 154 valence electrons. The summed E-state index contributed by atoms with van der Waals surface area (Å²) in [6.45, 7) is 10.6. The first-order chi connectivity index (χ1) is 13.8. The van der Waals surface area contributed by atoms with Gasteiger partial charge in [0.15, 0.2) is 11.5 Å². The van der Waals surface area contributed by atoms with Crippen LogP contribution in [-0.4, -0.2) is 37.4 Å². The van der Waals surface area contributed by atoms with E-state index in [-0.39, 0.29) is 35.9 Å². The van der Waals surface area contributed by atoms with Crippen LogP contribution in [0.2, 0.25) is 0 Å². The van der Waals surface area contributed by atoms with Crippen LogP contribution in [-0.2, 0) is 19.1 Å². The van der Waals surface area contributed by atoms with Crippen molar-refractivity contribution in [3.8, 4) is 11.5 Å². The molecule has 2 N–H and O–H groups in total. The number of phenols is 1. The van der Waals surface area contributed by atoms with Crippen molar-refractivity contribution in [1.29, 1.82) is 0 Å². The highest BCUT2D eigenvalue weighted by molar-refractivity contribution is 6.00. The molecule has 29 heavy (non-hydrogen) atoms. The maximum Gasteiger partial charge on any atom is 0.337 e. The SMILES string of the molecule is C=CCOC(=O)C1=C(C)NC(C)=C(C(=O)OCC=C)C1c1ccc(O)c(OC)c1. The van der Waals surface area contributed by atoms with Gasteiger partial charge in [-0.25, -0.2) is 9.59 Å². The Morgan fingerprint density at radius 1 is 1.07 bits per heavy atom. The summed E-state index contributed by atoms with van der Waals surface area (Å²) >= 11 is 0. The molecule has 0 unspecified atom stereocenters. The van der Waals surface area contributed by atoms with Crippen molar-refractivity contribution in [2.24, 2.45) is 0 Å². The van der Waals surface area contributed by atoms with Crippen molar-refractivity contribution < 1.29 is 28.9 Å². The van der Waals surface area contributed by atoms with E-state index in [1.165, 1.54) is 25.3 Å². The lowest BCUT2D eigenvalue weighted by Gasteiger charge is -2.30. The fraction of sp³-hybridized carbons (Fsp3) is 0.273. The molecule has 1 aromatic carbocycles. The maximum absolute atomic E-state index is 12.8. The quantitative estimate of drug-likeness (QED) is 0.512. The molecule has 0 aromatic heterocycles. The third-order valence-corrected chi connectivity index (χ3v) is 4.40. The lowest BCUT2D eigenvalue weighted by atomic mass is 9.80. The van der Waals surface area contributed by atoms with E-state index < -0.39 is 17.9 Å². The number of aromatic hydroxyl groups is 1. The largest absolute Gasteiger partial charge is 0.504 e. The van der Waals surface area contributed by atoms with Crippen molar-refractivity contribution >= 4 is 11.9 Å². The minimum atomic E-state index is -0.777. The lowest BCUT2D eigenvalue weighted by Crippen LogP contribution is -2.32. The number of rotatable bonds is 8. The van der Waals surface area contributed by atoms with Gasteiger partial charge in [-0.3, -0.25) is 0 Å². The summed E-state index contributed by atoms with van der Waals surface area (Å²) in [5, 5.41) is 13.0. The van der Waals surface area contributed by atoms with E-state index in [1.54, 1.807) is 26.0 Å². The molecule has 0 fully saturated rings. The number of hydrogen-bond acceptors (Lipinski definition) is 7. The first kappa shape index (κ1) is 21.8. The molecule has 0 spiro atoms. The third-order valence-electron chi connectivity index (χ3n) is 4.40. The van der Waals surface area contributed by atoms with Gasteiger partial charge in [0.05, 0.1) is 24.2 Å². The molecule has 0 saturated heterocycles. The molecule has 0 bridgehead atoms. The maximum atomic E-state index is 12.8. The monoisotopic (exact) mass is 399 g/mol. The normalized spacial score (nSPS) is 14.2. The molecule has 0 amide bonds. The molecule has 7 nitrogen and oxygen atoms in total. The molecule has 7 heteroatoms. The predicted molar refractivity (Wildman–Crippen MR) is 108 cm³/mol. The summed E-state index contributed by atoms with van der Waals surface area (Å²) < 4.78 is 15.7. The molecule has 0 aliphatic carbocycles. The minimum absolute atomic E-state index is 0.0279. The van der Waals surface area contributed by atoms with Crippen LogP contribution in [0.15, 0.2) is 66.0 Å². The smallest absolute Gasteiger partial charge is 0.337 e. The van der Waals surface area contributed by atoms with Gasteiger partial charge in [0.2, 0.25) is 0 Å². The summed E-state index contributed by atoms with van der Waals surface area (Å²) in [4.78, 5) is 25.6. The topological polar surface area (TPSA) is 94.1 Å². The van der Waals surface area contributed by atoms with Gasteiger partial charge in [-0.1, -0.05) is 31.4 Å². The molecule has 1 aliphatic heterocycles. The van der Waals surface area contributed by atoms with E-state index >= 15 is 0 Å². The second-order valence-electron chi connectivity index (χ2n) is 6.34. The lowest BCUT2D eigenvalue weighted by molar-refractivity contribution is -0.138. The fourth-order valence-corrected chi connectivity index (χ4v) is 3.17. The number of carbonyl (C=O) groups is 2. The highest BCUT2D eigenvalue weighted by Crippen LogP contribution is 2.41. The van der Waals surface area contributed by atoms with E-state index in [9.17, 15) is 14.7 Å². The highest BCUT2D eigenvalue weighted by Gasteiger charge is 2.38. The molecular formula is C22H25NO6. The predicted octanol–water partition coefficient (Wildman–Crippen LogP) is 3.09. The van der Waals surface area contributed by atoms with Gasteiger partial charge in [-0.2, -0.15) is 0 Å². The number of methoxy groups -OCH3 is 1. The van der Waals surface area contributed by atoms with Gasteiger partial charge in [-0.05, 0) is 31.5 Å². The standard InChI is InChI=1S/C22H25NO6/c1-6-10-28-21(25)18-13(3)23-14(4)19(22(26)29-11-7-2)20(18)15-8-9-16(24)17(12-15)27-5/h6-9,12,20,23-24H,1-2,10-11H2,3-5H3. The molecule has 1 heterocycles. The summed E-state index contributed by atoms with van der Waals surface area (Å²) in [5.41, 5.74) is 2.19. The molecular weight excluding hydrogens is 374 g/mol. The van der Waals surface area contributed by atoms with Crippen LogP contribution >= 0.6 is 0 Å². The average molecular weight is 399 g/mol. The second kappa shape index (κ2) is 9.64. The van der Waals surface area contributed by atoms with E-state index in [1.807, 2.05) is 0 Å². The fourth-order valence-electron chi connectivity index (χ4n) is 3.17. The number of esters is 2. The van der Waals surface area contributed by atoms with Crippen LogP contribution in [0, 0.1) is 0 Å². The Bertz CT molecular complexity index is 851. The number of carbonyl (C=O) groups excluding carboxylic acids is 2. The van der Waals surface area contributed by atoms with E-state index in [0.717, 1.165) is 0 Å². The summed E-state index contributed by atoms with van der Waals surface area (Å²) in [7, 11) is 1.42. The van der Waals surface area contributed by atoms with Gasteiger partial charge in [0.25, 0.3) is 0 Å². The Labute approximate surface area is 170 Å². The summed E-state index contributed by atoms with van der Waals surface area (Å²) in [5.74, 6) is -1.80. The van der Waals surface area contributed by atoms with Crippen LogP contribution in [0.1, 0.15) is 25.3 Å². The van der Waals surface area contributed by atoms with Crippen molar-refractivity contribution in [1.82, 2.24) is 5.32 Å². The molecule has 2 rings (SSSR count). The van der Waals surface area contributed by atoms with Gasteiger partial charge in [-0.15, -0.1) is 0 Å². The first-order valence-electron chi connectivity index (χ1n) is 8.97. The number of dihydropyridines is 1. The van der Waals surface area contributed by atoms with E-state index in [0.29, 0.717) is 17.0 Å². The van der Waals surface area contributed by atoms with Crippen LogP contribution in [0.25, 0.3) is 0 Å². The third kappa shape index (κ3) is 4.68. The Morgan fingerprint density at radius 2 is 1.59 bits per heavy atom. The number of nitrogens with one attached hydrogen (secondary N) is 1. The van der Waals surface area contributed by atoms with Crippen molar-refractivity contribution in [2.45, 2.75) is 19.8 Å². The molecule has 1 aromatic rings. The summed E-state index contributed by atoms with van der Waals surface area (Å²) in [6.07, 6.45) is 2.92. The van der Waals surface area contributed by atoms with Crippen molar-refractivity contribution in [3.63, 3.8) is 0 Å². The first-order valence-corrected chi connectivity index (χ1v) is 8.97. The number of benzene rings is 1. The molecule has 1 aliphatic rings. The van der Waals surface area contributed by atoms with Gasteiger partial charge >= 0.3 is 11.9 Å². The van der Waals surface area contributed by atoms with E-state index in [4.69, 9.17) is 14.2 Å². The van der Waals surface area contributed by atoms with Gasteiger partial charge in [0.1, 0.15) is 13.2 Å². The molecule has 0 radical (unpaired) electrons. The Hall–Kier alpha value is -3.48. The highest BCUT2D eigenvalue weighted by atomic mass is 16.5. The number of phenolic OH excluding ortho intramolecular Hbond substituents is 1. The second-order valence-corrected chi connectivity index (χ2v) is 6.34. The number of allylic oxidation sites excluding steroid dienone is 2. The van der Waals surface area contributed by atoms with Crippen LogP contribution in [0.5, 0.6) is 11.5 Å². The molecule has 0 atom stereocenters. The van der Waals surface area contributed by atoms with Crippen LogP contribution in [0.4, 0.5) is 0 Å². The Balaban J connectivity index is 2.64. The van der Waals surface area contributed by atoms with E-state index in [2.05, 4.69) is 18.5 Å².